The molecule has 5 rings (SSSR count). The van der Waals surface area contributed by atoms with Gasteiger partial charge in [0.25, 0.3) is 5.91 Å². The Morgan fingerprint density at radius 3 is 2.45 bits per heavy atom. The van der Waals surface area contributed by atoms with Crippen LogP contribution in [0.15, 0.2) is 79.1 Å². The number of urea groups is 1. The number of hydrogen-bond donors (Lipinski definition) is 4. The Bertz CT molecular complexity index is 1370. The van der Waals surface area contributed by atoms with E-state index in [-0.39, 0.29) is 11.9 Å². The lowest BCUT2D eigenvalue weighted by Crippen LogP contribution is -2.44. The van der Waals surface area contributed by atoms with E-state index in [1.54, 1.807) is 30.6 Å². The highest BCUT2D eigenvalue weighted by Crippen LogP contribution is 2.33. The Kier molecular flexibility index (Phi) is 7.60. The van der Waals surface area contributed by atoms with Crippen LogP contribution in [-0.4, -0.2) is 65.2 Å². The number of carbonyl (C=O) groups excluding carboxylic acids is 2. The Hall–Kier alpha value is -4.70. The molecular formula is C28H30N8O2. The van der Waals surface area contributed by atoms with E-state index >= 15 is 0 Å². The molecule has 38 heavy (non-hydrogen) atoms. The van der Waals surface area contributed by atoms with Crippen molar-refractivity contribution in [2.75, 3.05) is 48.8 Å². The standard InChI is InChI=1S/C28H30N8O2/c1-35-14-16-36(17-15-35)24-10-9-22(27(37)32-26-11-13-31-34-26)18-23(24)21-7-5-20(6-8-21)19-30-28(38)33-25-4-2-3-12-29-25/h2-13,18H,14-17,19H2,1H3,(H2,29,30,33,38)(H2,31,32,34,37). The Balaban J connectivity index is 1.33. The number of anilines is 3. The average Bonchev–Trinajstić information content (AvgIpc) is 3.46. The van der Waals surface area contributed by atoms with Gasteiger partial charge in [0.1, 0.15) is 11.6 Å². The second-order valence-corrected chi connectivity index (χ2v) is 9.17. The van der Waals surface area contributed by atoms with Gasteiger partial charge in [0, 0.05) is 61.8 Å². The topological polar surface area (TPSA) is 118 Å². The van der Waals surface area contributed by atoms with Crippen LogP contribution in [-0.2, 0) is 6.54 Å². The second-order valence-electron chi connectivity index (χ2n) is 9.17. The van der Waals surface area contributed by atoms with Crippen molar-refractivity contribution in [2.24, 2.45) is 0 Å². The number of likely N-dealkylation sites (N-methyl/N-ethyl adjacent to an activating group) is 1. The fourth-order valence-electron chi connectivity index (χ4n) is 4.33. The first-order valence-corrected chi connectivity index (χ1v) is 12.5. The number of benzene rings is 2. The van der Waals surface area contributed by atoms with Crippen molar-refractivity contribution in [2.45, 2.75) is 6.54 Å². The summed E-state index contributed by atoms with van der Waals surface area (Å²) in [5, 5.41) is 15.1. The highest BCUT2D eigenvalue weighted by Gasteiger charge is 2.20. The number of nitrogens with zero attached hydrogens (tertiary/aromatic N) is 4. The molecule has 0 spiro atoms. The smallest absolute Gasteiger partial charge is 0.320 e. The van der Waals surface area contributed by atoms with E-state index in [1.807, 2.05) is 48.5 Å². The number of pyridine rings is 1. The number of amides is 3. The number of aromatic nitrogens is 3. The summed E-state index contributed by atoms with van der Waals surface area (Å²) in [6, 6.07) is 20.6. The maximum absolute atomic E-state index is 12.9. The summed E-state index contributed by atoms with van der Waals surface area (Å²) in [6.07, 6.45) is 3.22. The predicted molar refractivity (Wildman–Crippen MR) is 148 cm³/mol. The first kappa shape index (κ1) is 25.0. The number of H-pyrrole nitrogens is 1. The minimum absolute atomic E-state index is 0.208. The fourth-order valence-corrected chi connectivity index (χ4v) is 4.33. The monoisotopic (exact) mass is 510 g/mol. The summed E-state index contributed by atoms with van der Waals surface area (Å²) in [7, 11) is 2.13. The number of carbonyl (C=O) groups is 2. The van der Waals surface area contributed by atoms with Crippen LogP contribution in [0.1, 0.15) is 15.9 Å². The van der Waals surface area contributed by atoms with Crippen LogP contribution >= 0.6 is 0 Å². The van der Waals surface area contributed by atoms with Gasteiger partial charge in [0.05, 0.1) is 6.20 Å². The number of hydrogen-bond acceptors (Lipinski definition) is 6. The van der Waals surface area contributed by atoms with E-state index in [4.69, 9.17) is 0 Å². The first-order chi connectivity index (χ1) is 18.5. The molecule has 4 N–H and O–H groups in total. The van der Waals surface area contributed by atoms with Crippen molar-refractivity contribution in [3.05, 3.63) is 90.3 Å². The van der Waals surface area contributed by atoms with Crippen LogP contribution < -0.4 is 20.9 Å². The first-order valence-electron chi connectivity index (χ1n) is 12.5. The molecule has 10 nitrogen and oxygen atoms in total. The summed E-state index contributed by atoms with van der Waals surface area (Å²) in [4.78, 5) is 33.9. The zero-order chi connectivity index (χ0) is 26.3. The summed E-state index contributed by atoms with van der Waals surface area (Å²) in [5.41, 5.74) is 4.59. The average molecular weight is 511 g/mol. The molecule has 2 aromatic heterocycles. The summed E-state index contributed by atoms with van der Waals surface area (Å²) < 4.78 is 0. The third-order valence-electron chi connectivity index (χ3n) is 6.48. The van der Waals surface area contributed by atoms with Crippen LogP contribution in [0, 0.1) is 0 Å². The molecule has 1 saturated heterocycles. The van der Waals surface area contributed by atoms with E-state index in [0.717, 1.165) is 48.6 Å². The molecule has 2 aromatic carbocycles. The van der Waals surface area contributed by atoms with Gasteiger partial charge in [-0.25, -0.2) is 9.78 Å². The number of piperazine rings is 1. The van der Waals surface area contributed by atoms with Gasteiger partial charge in [-0.2, -0.15) is 5.10 Å². The van der Waals surface area contributed by atoms with E-state index in [1.165, 1.54) is 0 Å². The summed E-state index contributed by atoms with van der Waals surface area (Å²) >= 11 is 0. The second kappa shape index (κ2) is 11.6. The largest absolute Gasteiger partial charge is 0.368 e. The van der Waals surface area contributed by atoms with Crippen LogP contribution in [0.4, 0.5) is 22.1 Å². The van der Waals surface area contributed by atoms with Crippen molar-refractivity contribution >= 4 is 29.3 Å². The molecule has 10 heteroatoms. The Labute approximate surface area is 221 Å². The molecule has 3 amide bonds. The normalized spacial score (nSPS) is 13.7. The fraction of sp³-hybridized carbons (Fsp3) is 0.214. The molecule has 3 heterocycles. The van der Waals surface area contributed by atoms with Gasteiger partial charge >= 0.3 is 6.03 Å². The third-order valence-corrected chi connectivity index (χ3v) is 6.48. The summed E-state index contributed by atoms with van der Waals surface area (Å²) in [6.45, 7) is 4.16. The summed E-state index contributed by atoms with van der Waals surface area (Å²) in [5.74, 6) is 0.831. The van der Waals surface area contributed by atoms with Crippen LogP contribution in [0.3, 0.4) is 0 Å². The minimum atomic E-state index is -0.318. The Morgan fingerprint density at radius 1 is 0.921 bits per heavy atom. The van der Waals surface area contributed by atoms with E-state index < -0.39 is 0 Å². The van der Waals surface area contributed by atoms with E-state index in [0.29, 0.717) is 23.7 Å². The van der Waals surface area contributed by atoms with Gasteiger partial charge < -0.3 is 20.4 Å². The third kappa shape index (κ3) is 6.16. The molecule has 0 atom stereocenters. The molecule has 194 valence electrons. The van der Waals surface area contributed by atoms with Crippen LogP contribution in [0.2, 0.25) is 0 Å². The molecule has 0 aliphatic carbocycles. The number of rotatable bonds is 7. The van der Waals surface area contributed by atoms with Crippen LogP contribution in [0.25, 0.3) is 11.1 Å². The van der Waals surface area contributed by atoms with Gasteiger partial charge in [-0.05, 0) is 48.5 Å². The molecule has 1 aliphatic heterocycles. The highest BCUT2D eigenvalue weighted by molar-refractivity contribution is 6.05. The predicted octanol–water partition coefficient (Wildman–Crippen LogP) is 3.80. The quantitative estimate of drug-likeness (QED) is 0.300. The Morgan fingerprint density at radius 2 is 1.74 bits per heavy atom. The number of nitrogens with one attached hydrogen (secondary N) is 4. The van der Waals surface area contributed by atoms with Gasteiger partial charge in [-0.15, -0.1) is 0 Å². The van der Waals surface area contributed by atoms with Crippen molar-refractivity contribution in [3.8, 4) is 11.1 Å². The SMILES string of the molecule is CN1CCN(c2ccc(C(=O)Nc3ccn[nH]3)cc2-c2ccc(CNC(=O)Nc3ccccn3)cc2)CC1. The maximum Gasteiger partial charge on any atom is 0.320 e. The zero-order valence-corrected chi connectivity index (χ0v) is 21.1. The lowest BCUT2D eigenvalue weighted by Gasteiger charge is -2.35. The van der Waals surface area contributed by atoms with Gasteiger partial charge in [-0.1, -0.05) is 30.3 Å². The maximum atomic E-state index is 12.9. The molecule has 4 aromatic rings. The van der Waals surface area contributed by atoms with Gasteiger partial charge in [0.2, 0.25) is 0 Å². The highest BCUT2D eigenvalue weighted by atomic mass is 16.2. The molecule has 0 radical (unpaired) electrons. The molecule has 0 bridgehead atoms. The van der Waals surface area contributed by atoms with Gasteiger partial charge in [-0.3, -0.25) is 15.2 Å². The van der Waals surface area contributed by atoms with Crippen molar-refractivity contribution < 1.29 is 9.59 Å². The van der Waals surface area contributed by atoms with Crippen molar-refractivity contribution in [1.29, 1.82) is 0 Å². The lowest BCUT2D eigenvalue weighted by atomic mass is 9.98. The molecular weight excluding hydrogens is 480 g/mol. The minimum Gasteiger partial charge on any atom is -0.368 e. The molecule has 0 unspecified atom stereocenters. The van der Waals surface area contributed by atoms with Crippen molar-refractivity contribution in [1.82, 2.24) is 25.4 Å². The van der Waals surface area contributed by atoms with Gasteiger partial charge in [0.15, 0.2) is 0 Å². The number of aromatic amines is 1. The molecule has 1 fully saturated rings. The molecule has 1 aliphatic rings. The zero-order valence-electron chi connectivity index (χ0n) is 21.1. The van der Waals surface area contributed by atoms with Crippen molar-refractivity contribution in [3.63, 3.8) is 0 Å². The van der Waals surface area contributed by atoms with E-state index in [9.17, 15) is 9.59 Å². The van der Waals surface area contributed by atoms with Crippen LogP contribution in [0.5, 0.6) is 0 Å². The molecule has 0 saturated carbocycles. The lowest BCUT2D eigenvalue weighted by molar-refractivity contribution is 0.102. The van der Waals surface area contributed by atoms with E-state index in [2.05, 4.69) is 48.0 Å².